The van der Waals surface area contributed by atoms with Crippen LogP contribution >= 0.6 is 23.1 Å². The Bertz CT molecular complexity index is 1440. The number of hydrogen-bond donors (Lipinski definition) is 1. The van der Waals surface area contributed by atoms with E-state index in [1.165, 1.54) is 27.8 Å². The molecule has 4 aromatic rings. The fourth-order valence-electron chi connectivity index (χ4n) is 3.94. The number of thioether (sulfide) groups is 1. The van der Waals surface area contributed by atoms with Crippen LogP contribution in [0.2, 0.25) is 0 Å². The minimum Gasteiger partial charge on any atom is -0.497 e. The number of rotatable bonds is 9. The monoisotopic (exact) mass is 537 g/mol. The number of esters is 1. The van der Waals surface area contributed by atoms with Gasteiger partial charge in [-0.15, -0.1) is 10.2 Å². The molecule has 1 aliphatic rings. The van der Waals surface area contributed by atoms with E-state index in [4.69, 9.17) is 14.2 Å². The molecule has 3 heterocycles. The van der Waals surface area contributed by atoms with Crippen molar-refractivity contribution in [1.82, 2.24) is 30.4 Å². The molecule has 1 unspecified atom stereocenters. The molecule has 0 aliphatic carbocycles. The average Bonchev–Trinajstić information content (AvgIpc) is 3.61. The van der Waals surface area contributed by atoms with Gasteiger partial charge in [0.05, 0.1) is 26.4 Å². The van der Waals surface area contributed by atoms with Crippen molar-refractivity contribution < 1.29 is 19.0 Å². The van der Waals surface area contributed by atoms with E-state index in [1.54, 1.807) is 39.3 Å². The Morgan fingerprint density at radius 1 is 1.11 bits per heavy atom. The van der Waals surface area contributed by atoms with Crippen molar-refractivity contribution >= 4 is 35.0 Å². The van der Waals surface area contributed by atoms with Gasteiger partial charge in [0, 0.05) is 22.6 Å². The maximum absolute atomic E-state index is 13.4. The molecule has 1 N–H and O–H groups in total. The number of nitrogens with zero attached hydrogens (tertiary/aromatic N) is 6. The second-order valence-electron chi connectivity index (χ2n) is 7.72. The van der Waals surface area contributed by atoms with Gasteiger partial charge in [-0.25, -0.2) is 4.79 Å². The molecule has 1 aliphatic heterocycles. The maximum Gasteiger partial charge on any atom is 0.338 e. The summed E-state index contributed by atoms with van der Waals surface area (Å²) in [6.45, 7) is 1.98. The first kappa shape index (κ1) is 24.7. The molecule has 5 rings (SSSR count). The normalized spacial score (nSPS) is 14.6. The summed E-state index contributed by atoms with van der Waals surface area (Å²) in [5.41, 5.74) is 2.63. The summed E-state index contributed by atoms with van der Waals surface area (Å²) in [6, 6.07) is 14.5. The number of methoxy groups -OCH3 is 2. The molecule has 2 aromatic carbocycles. The van der Waals surface area contributed by atoms with Crippen LogP contribution in [0.1, 0.15) is 18.5 Å². The Morgan fingerprint density at radius 3 is 2.70 bits per heavy atom. The largest absolute Gasteiger partial charge is 0.497 e. The van der Waals surface area contributed by atoms with Crippen molar-refractivity contribution in [2.75, 3.05) is 31.9 Å². The van der Waals surface area contributed by atoms with Crippen molar-refractivity contribution in [2.45, 2.75) is 17.3 Å². The number of carbonyl (C=O) groups excluding carboxylic acids is 1. The zero-order chi connectivity index (χ0) is 25.8. The first-order valence-electron chi connectivity index (χ1n) is 11.3. The summed E-state index contributed by atoms with van der Waals surface area (Å²) < 4.78 is 18.9. The summed E-state index contributed by atoms with van der Waals surface area (Å²) in [6.07, 6.45) is 0. The molecule has 0 saturated heterocycles. The average molecular weight is 538 g/mol. The van der Waals surface area contributed by atoms with E-state index in [-0.39, 0.29) is 6.61 Å². The van der Waals surface area contributed by atoms with Gasteiger partial charge in [0.25, 0.3) is 0 Å². The first-order chi connectivity index (χ1) is 18.1. The fourth-order valence-corrected chi connectivity index (χ4v) is 5.76. The van der Waals surface area contributed by atoms with Crippen LogP contribution in [0.5, 0.6) is 11.5 Å². The predicted octanol–water partition coefficient (Wildman–Crippen LogP) is 3.83. The summed E-state index contributed by atoms with van der Waals surface area (Å²) in [5, 5.41) is 24.8. The lowest BCUT2D eigenvalue weighted by atomic mass is 9.94. The summed E-state index contributed by atoms with van der Waals surface area (Å²) >= 11 is 2.94. The van der Waals surface area contributed by atoms with Crippen LogP contribution < -0.4 is 14.8 Å². The lowest BCUT2D eigenvalue weighted by Gasteiger charge is -2.29. The van der Waals surface area contributed by atoms with Gasteiger partial charge in [0.2, 0.25) is 5.95 Å². The Morgan fingerprint density at radius 2 is 1.95 bits per heavy atom. The van der Waals surface area contributed by atoms with E-state index in [2.05, 4.69) is 31.0 Å². The number of nitrogens with one attached hydrogen (secondary N) is 1. The highest BCUT2D eigenvalue weighted by Gasteiger charge is 2.38. The number of carbonyl (C=O) groups is 1. The molecule has 37 heavy (non-hydrogen) atoms. The lowest BCUT2D eigenvalue weighted by molar-refractivity contribution is -0.139. The van der Waals surface area contributed by atoms with Crippen LogP contribution in [0.15, 0.2) is 64.1 Å². The second-order valence-corrected chi connectivity index (χ2v) is 9.92. The van der Waals surface area contributed by atoms with E-state index in [1.807, 2.05) is 30.3 Å². The zero-order valence-corrected chi connectivity index (χ0v) is 21.9. The molecule has 0 fully saturated rings. The molecule has 1 atom stereocenters. The Hall–Kier alpha value is -3.97. The molecule has 0 radical (unpaired) electrons. The topological polar surface area (TPSA) is 126 Å². The molecule has 13 heteroatoms. The van der Waals surface area contributed by atoms with Crippen molar-refractivity contribution in [3.63, 3.8) is 0 Å². The predicted molar refractivity (Wildman–Crippen MR) is 139 cm³/mol. The third kappa shape index (κ3) is 5.00. The van der Waals surface area contributed by atoms with Crippen LogP contribution in [-0.2, 0) is 9.53 Å². The molecule has 0 bridgehead atoms. The van der Waals surface area contributed by atoms with Crippen molar-refractivity contribution in [2.24, 2.45) is 0 Å². The summed E-state index contributed by atoms with van der Waals surface area (Å²) in [7, 11) is 3.14. The first-order valence-corrected chi connectivity index (χ1v) is 13.1. The van der Waals surface area contributed by atoms with Gasteiger partial charge >= 0.3 is 5.97 Å². The van der Waals surface area contributed by atoms with Gasteiger partial charge in [-0.2, -0.15) is 4.68 Å². The third-order valence-corrected chi connectivity index (χ3v) is 7.72. The summed E-state index contributed by atoms with van der Waals surface area (Å²) in [4.78, 5) is 13.4. The number of tetrazole rings is 1. The number of anilines is 1. The molecule has 190 valence electrons. The van der Waals surface area contributed by atoms with Gasteiger partial charge < -0.3 is 19.5 Å². The van der Waals surface area contributed by atoms with Crippen LogP contribution in [-0.4, -0.2) is 63.0 Å². The van der Waals surface area contributed by atoms with Gasteiger partial charge in [0.15, 0.2) is 4.34 Å². The Balaban J connectivity index is 1.54. The highest BCUT2D eigenvalue weighted by atomic mass is 32.2. The molecule has 0 spiro atoms. The quantitative estimate of drug-likeness (QED) is 0.247. The third-order valence-electron chi connectivity index (χ3n) is 5.59. The SMILES string of the molecule is CCOC(=O)C1=C(CSc2nnc(-c3ccccc3)s2)Nc2nnnn2C1c1cc(OC)ccc1OC. The van der Waals surface area contributed by atoms with Crippen molar-refractivity contribution in [3.8, 4) is 22.1 Å². The van der Waals surface area contributed by atoms with Crippen molar-refractivity contribution in [3.05, 3.63) is 65.4 Å². The van der Waals surface area contributed by atoms with Gasteiger partial charge in [-0.1, -0.05) is 58.5 Å². The van der Waals surface area contributed by atoms with Crippen molar-refractivity contribution in [1.29, 1.82) is 0 Å². The second kappa shape index (κ2) is 11.0. The van der Waals surface area contributed by atoms with Crippen LogP contribution in [0.25, 0.3) is 10.6 Å². The Kier molecular flexibility index (Phi) is 7.32. The van der Waals surface area contributed by atoms with E-state index in [0.717, 1.165) is 14.9 Å². The highest BCUT2D eigenvalue weighted by molar-refractivity contribution is 8.01. The summed E-state index contributed by atoms with van der Waals surface area (Å²) in [5.74, 6) is 1.45. The number of fused-ring (bicyclic) bond motifs is 1. The molecule has 0 saturated carbocycles. The van der Waals surface area contributed by atoms with Gasteiger partial charge in [0.1, 0.15) is 22.5 Å². The van der Waals surface area contributed by atoms with Crippen LogP contribution in [0, 0.1) is 0 Å². The number of benzene rings is 2. The van der Waals surface area contributed by atoms with E-state index >= 15 is 0 Å². The highest BCUT2D eigenvalue weighted by Crippen LogP contribution is 2.42. The van der Waals surface area contributed by atoms with E-state index in [0.29, 0.717) is 40.0 Å². The molecule has 11 nitrogen and oxygen atoms in total. The molecular formula is C24H23N7O4S2. The zero-order valence-electron chi connectivity index (χ0n) is 20.2. The number of aromatic nitrogens is 6. The molecule has 2 aromatic heterocycles. The minimum absolute atomic E-state index is 0.212. The van der Waals surface area contributed by atoms with E-state index in [9.17, 15) is 4.79 Å². The molecular weight excluding hydrogens is 514 g/mol. The minimum atomic E-state index is -0.708. The van der Waals surface area contributed by atoms with E-state index < -0.39 is 12.0 Å². The number of hydrogen-bond acceptors (Lipinski definition) is 12. The number of ether oxygens (including phenoxy) is 3. The lowest BCUT2D eigenvalue weighted by Crippen LogP contribution is -2.31. The fraction of sp³-hybridized carbons (Fsp3) is 0.250. The van der Waals surface area contributed by atoms with Gasteiger partial charge in [-0.3, -0.25) is 0 Å². The Labute approximate surface area is 220 Å². The van der Waals surface area contributed by atoms with Crippen LogP contribution in [0.4, 0.5) is 5.95 Å². The smallest absolute Gasteiger partial charge is 0.338 e. The maximum atomic E-state index is 13.4. The molecule has 0 amide bonds. The van der Waals surface area contributed by atoms with Gasteiger partial charge in [-0.05, 0) is 35.5 Å². The standard InChI is InChI=1S/C24H23N7O4S2/c1-4-35-22(32)19-17(13-36-24-28-26-21(37-24)14-8-6-5-7-9-14)25-23-27-29-30-31(23)20(19)16-12-15(33-2)10-11-18(16)34-3/h5-12,20H,4,13H2,1-3H3,(H,25,27,30). The van der Waals surface area contributed by atoms with Crippen LogP contribution in [0.3, 0.4) is 0 Å².